The smallest absolute Gasteiger partial charge is 0.127 e. The average molecular weight is 371 g/mol. The number of piperidine rings is 1. The van der Waals surface area contributed by atoms with Crippen LogP contribution in [0.2, 0.25) is 0 Å². The van der Waals surface area contributed by atoms with E-state index in [4.69, 9.17) is 0 Å². The van der Waals surface area contributed by atoms with Crippen LogP contribution in [0, 0.1) is 5.82 Å². The molecule has 0 unspecified atom stereocenters. The molecule has 3 rings (SSSR count). The third-order valence-corrected chi connectivity index (χ3v) is 5.52. The summed E-state index contributed by atoms with van der Waals surface area (Å²) in [7, 11) is 0. The van der Waals surface area contributed by atoms with E-state index >= 15 is 0 Å². The minimum Gasteiger partial charge on any atom is -0.391 e. The highest BCUT2D eigenvalue weighted by Crippen LogP contribution is 2.27. The Labute approximate surface area is 140 Å². The molecular formula is C17H24BrFN2O. The third kappa shape index (κ3) is 3.88. The molecule has 0 bridgehead atoms. The number of aliphatic hydroxyl groups is 1. The van der Waals surface area contributed by atoms with E-state index in [2.05, 4.69) is 26.1 Å². The standard InChI is InChI=1S/C17H24BrFN2O/c18-13-4-5-15(19)12(10-13)11-20-14-6-8-21(9-7-14)16-2-1-3-17(16)22/h4-5,10,14,16-17,20,22H,1-3,6-9,11H2/t16-,17-/m0/s1. The van der Waals surface area contributed by atoms with Crippen LogP contribution in [0.1, 0.15) is 37.7 Å². The molecule has 2 fully saturated rings. The summed E-state index contributed by atoms with van der Waals surface area (Å²) in [5.41, 5.74) is 0.711. The molecule has 1 saturated carbocycles. The van der Waals surface area contributed by atoms with Gasteiger partial charge in [0.1, 0.15) is 5.82 Å². The lowest BCUT2D eigenvalue weighted by molar-refractivity contribution is 0.0526. The molecule has 5 heteroatoms. The van der Waals surface area contributed by atoms with Crippen molar-refractivity contribution in [2.75, 3.05) is 13.1 Å². The van der Waals surface area contributed by atoms with Gasteiger partial charge < -0.3 is 10.4 Å². The molecule has 22 heavy (non-hydrogen) atoms. The van der Waals surface area contributed by atoms with Gasteiger partial charge in [-0.25, -0.2) is 4.39 Å². The molecule has 2 atom stereocenters. The molecule has 1 aliphatic carbocycles. The Morgan fingerprint density at radius 1 is 1.23 bits per heavy atom. The van der Waals surface area contributed by atoms with Crippen LogP contribution in [-0.2, 0) is 6.54 Å². The zero-order chi connectivity index (χ0) is 15.5. The normalized spacial score (nSPS) is 27.4. The maximum atomic E-state index is 13.7. The molecule has 2 aliphatic rings. The fourth-order valence-corrected chi connectivity index (χ4v) is 4.12. The van der Waals surface area contributed by atoms with Crippen molar-refractivity contribution in [3.8, 4) is 0 Å². The van der Waals surface area contributed by atoms with Crippen LogP contribution in [0.15, 0.2) is 22.7 Å². The minimum atomic E-state index is -0.151. The summed E-state index contributed by atoms with van der Waals surface area (Å²) >= 11 is 3.39. The lowest BCUT2D eigenvalue weighted by Crippen LogP contribution is -2.48. The van der Waals surface area contributed by atoms with E-state index in [1.807, 2.05) is 6.07 Å². The molecule has 122 valence electrons. The number of nitrogens with one attached hydrogen (secondary N) is 1. The zero-order valence-corrected chi connectivity index (χ0v) is 14.4. The van der Waals surface area contributed by atoms with Gasteiger partial charge in [-0.3, -0.25) is 4.90 Å². The van der Waals surface area contributed by atoms with Gasteiger partial charge in [0.25, 0.3) is 0 Å². The molecule has 1 heterocycles. The Hall–Kier alpha value is -0.490. The first-order chi connectivity index (χ1) is 10.6. The summed E-state index contributed by atoms with van der Waals surface area (Å²) in [5.74, 6) is -0.151. The molecule has 0 aromatic heterocycles. The quantitative estimate of drug-likeness (QED) is 0.854. The van der Waals surface area contributed by atoms with Gasteiger partial charge in [0, 0.05) is 41.8 Å². The first-order valence-electron chi connectivity index (χ1n) is 8.23. The van der Waals surface area contributed by atoms with Crippen LogP contribution in [0.4, 0.5) is 4.39 Å². The van der Waals surface area contributed by atoms with Crippen molar-refractivity contribution in [3.63, 3.8) is 0 Å². The molecular weight excluding hydrogens is 347 g/mol. The lowest BCUT2D eigenvalue weighted by atomic mass is 10.0. The first kappa shape index (κ1) is 16.4. The van der Waals surface area contributed by atoms with Gasteiger partial charge in [0.2, 0.25) is 0 Å². The van der Waals surface area contributed by atoms with E-state index in [-0.39, 0.29) is 11.9 Å². The van der Waals surface area contributed by atoms with Gasteiger partial charge in [0.15, 0.2) is 0 Å². The highest BCUT2D eigenvalue weighted by molar-refractivity contribution is 9.10. The predicted molar refractivity (Wildman–Crippen MR) is 89.2 cm³/mol. The fraction of sp³-hybridized carbons (Fsp3) is 0.647. The summed E-state index contributed by atoms with van der Waals surface area (Å²) in [6, 6.07) is 5.87. The molecule has 1 saturated heterocycles. The van der Waals surface area contributed by atoms with Crippen molar-refractivity contribution in [3.05, 3.63) is 34.1 Å². The molecule has 3 nitrogen and oxygen atoms in total. The zero-order valence-electron chi connectivity index (χ0n) is 12.8. The number of nitrogens with zero attached hydrogens (tertiary/aromatic N) is 1. The Bertz CT molecular complexity index is 505. The summed E-state index contributed by atoms with van der Waals surface area (Å²) in [4.78, 5) is 2.44. The lowest BCUT2D eigenvalue weighted by Gasteiger charge is -2.37. The summed E-state index contributed by atoms with van der Waals surface area (Å²) in [5, 5.41) is 13.5. The van der Waals surface area contributed by atoms with Crippen molar-refractivity contribution in [1.82, 2.24) is 10.2 Å². The van der Waals surface area contributed by atoms with E-state index in [9.17, 15) is 9.50 Å². The van der Waals surface area contributed by atoms with Crippen molar-refractivity contribution >= 4 is 15.9 Å². The number of likely N-dealkylation sites (tertiary alicyclic amines) is 1. The van der Waals surface area contributed by atoms with Crippen LogP contribution >= 0.6 is 15.9 Å². The van der Waals surface area contributed by atoms with Crippen molar-refractivity contribution < 1.29 is 9.50 Å². The summed E-state index contributed by atoms with van der Waals surface area (Å²) in [6.07, 6.45) is 5.22. The number of benzene rings is 1. The Kier molecular flexibility index (Phi) is 5.50. The summed E-state index contributed by atoms with van der Waals surface area (Å²) in [6.45, 7) is 2.63. The van der Waals surface area contributed by atoms with E-state index in [0.29, 0.717) is 24.2 Å². The van der Waals surface area contributed by atoms with Crippen molar-refractivity contribution in [2.45, 2.75) is 56.8 Å². The fourth-order valence-electron chi connectivity index (χ4n) is 3.72. The topological polar surface area (TPSA) is 35.5 Å². The largest absolute Gasteiger partial charge is 0.391 e. The average Bonchev–Trinajstić information content (AvgIpc) is 2.95. The van der Waals surface area contributed by atoms with E-state index in [1.165, 1.54) is 6.07 Å². The number of rotatable bonds is 4. The Morgan fingerprint density at radius 3 is 2.68 bits per heavy atom. The molecule has 1 aliphatic heterocycles. The molecule has 0 amide bonds. The van der Waals surface area contributed by atoms with Crippen molar-refractivity contribution in [2.24, 2.45) is 0 Å². The molecule has 1 aromatic carbocycles. The van der Waals surface area contributed by atoms with E-state index < -0.39 is 0 Å². The minimum absolute atomic E-state index is 0.139. The maximum absolute atomic E-state index is 13.7. The monoisotopic (exact) mass is 370 g/mol. The first-order valence-corrected chi connectivity index (χ1v) is 9.02. The number of hydrogen-bond acceptors (Lipinski definition) is 3. The highest BCUT2D eigenvalue weighted by Gasteiger charge is 2.32. The second-order valence-electron chi connectivity index (χ2n) is 6.49. The predicted octanol–water partition coefficient (Wildman–Crippen LogP) is 3.06. The van der Waals surface area contributed by atoms with Crippen LogP contribution in [0.25, 0.3) is 0 Å². The number of aliphatic hydroxyl groups excluding tert-OH is 1. The van der Waals surface area contributed by atoms with Gasteiger partial charge >= 0.3 is 0 Å². The SMILES string of the molecule is O[C@H]1CCC[C@@H]1N1CCC(NCc2cc(Br)ccc2F)CC1. The second-order valence-corrected chi connectivity index (χ2v) is 7.41. The van der Waals surface area contributed by atoms with Gasteiger partial charge in [-0.15, -0.1) is 0 Å². The van der Waals surface area contributed by atoms with Crippen molar-refractivity contribution in [1.29, 1.82) is 0 Å². The number of hydrogen-bond donors (Lipinski definition) is 2. The maximum Gasteiger partial charge on any atom is 0.127 e. The molecule has 1 aromatic rings. The highest BCUT2D eigenvalue weighted by atomic mass is 79.9. The van der Waals surface area contributed by atoms with E-state index in [0.717, 1.165) is 49.7 Å². The van der Waals surface area contributed by atoms with Crippen LogP contribution in [0.3, 0.4) is 0 Å². The Balaban J connectivity index is 1.47. The molecule has 0 radical (unpaired) electrons. The molecule has 2 N–H and O–H groups in total. The van der Waals surface area contributed by atoms with Crippen LogP contribution in [-0.4, -0.2) is 41.3 Å². The van der Waals surface area contributed by atoms with Crippen LogP contribution < -0.4 is 5.32 Å². The third-order valence-electron chi connectivity index (χ3n) is 5.03. The van der Waals surface area contributed by atoms with Gasteiger partial charge in [-0.1, -0.05) is 15.9 Å². The van der Waals surface area contributed by atoms with Gasteiger partial charge in [-0.05, 0) is 50.3 Å². The second kappa shape index (κ2) is 7.39. The summed E-state index contributed by atoms with van der Waals surface area (Å²) < 4.78 is 14.6. The van der Waals surface area contributed by atoms with Crippen LogP contribution in [0.5, 0.6) is 0 Å². The molecule has 0 spiro atoms. The van der Waals surface area contributed by atoms with Gasteiger partial charge in [0.05, 0.1) is 6.10 Å². The van der Waals surface area contributed by atoms with E-state index in [1.54, 1.807) is 6.07 Å². The van der Waals surface area contributed by atoms with Gasteiger partial charge in [-0.2, -0.15) is 0 Å². The number of halogens is 2. The Morgan fingerprint density at radius 2 is 2.00 bits per heavy atom.